The number of carbonyl (C=O) groups excluding carboxylic acids is 1. The summed E-state index contributed by atoms with van der Waals surface area (Å²) in [5.74, 6) is 0. The lowest BCUT2D eigenvalue weighted by Crippen LogP contribution is -2.36. The number of hydrogen-bond donors (Lipinski definition) is 2. The first kappa shape index (κ1) is 14.5. The third-order valence-electron chi connectivity index (χ3n) is 2.74. The van der Waals surface area contributed by atoms with E-state index in [1.165, 1.54) is 18.4 Å². The summed E-state index contributed by atoms with van der Waals surface area (Å²) in [6, 6.07) is 3.95. The van der Waals surface area contributed by atoms with Crippen LogP contribution in [0.5, 0.6) is 0 Å². The van der Waals surface area contributed by atoms with E-state index in [0.717, 1.165) is 25.8 Å². The van der Waals surface area contributed by atoms with Gasteiger partial charge in [-0.3, -0.25) is 4.98 Å². The van der Waals surface area contributed by atoms with Gasteiger partial charge in [0, 0.05) is 25.5 Å². The van der Waals surface area contributed by atoms with Crippen LogP contribution in [0.1, 0.15) is 38.2 Å². The van der Waals surface area contributed by atoms with Crippen molar-refractivity contribution in [3.63, 3.8) is 0 Å². The minimum Gasteiger partial charge on any atom is -0.338 e. The van der Waals surface area contributed by atoms with E-state index < -0.39 is 0 Å². The molecule has 0 aromatic carbocycles. The lowest BCUT2D eigenvalue weighted by molar-refractivity contribution is 0.240. The number of rotatable bonds is 8. The molecule has 0 bridgehead atoms. The van der Waals surface area contributed by atoms with Crippen LogP contribution in [0.3, 0.4) is 0 Å². The minimum absolute atomic E-state index is 0.0548. The molecule has 1 aromatic rings. The molecule has 0 aliphatic rings. The standard InChI is InChI=1S/C14H23N3O/c1-2-3-4-9-16-14(18)17-10-5-6-13-7-11-15-12-8-13/h7-8,11-12H,2-6,9-10H2,1H3,(H2,16,17,18). The summed E-state index contributed by atoms with van der Waals surface area (Å²) in [5.41, 5.74) is 1.26. The van der Waals surface area contributed by atoms with Crippen LogP contribution in [0, 0.1) is 0 Å². The molecule has 1 aromatic heterocycles. The van der Waals surface area contributed by atoms with Gasteiger partial charge in [0.15, 0.2) is 0 Å². The van der Waals surface area contributed by atoms with Crippen molar-refractivity contribution in [3.05, 3.63) is 30.1 Å². The summed E-state index contributed by atoms with van der Waals surface area (Å²) in [4.78, 5) is 15.4. The smallest absolute Gasteiger partial charge is 0.314 e. The Morgan fingerprint density at radius 1 is 1.11 bits per heavy atom. The zero-order chi connectivity index (χ0) is 13.1. The molecule has 0 aliphatic heterocycles. The lowest BCUT2D eigenvalue weighted by atomic mass is 10.1. The van der Waals surface area contributed by atoms with Gasteiger partial charge in [-0.15, -0.1) is 0 Å². The predicted octanol–water partition coefficient (Wildman–Crippen LogP) is 2.50. The van der Waals surface area contributed by atoms with Crippen molar-refractivity contribution in [3.8, 4) is 0 Å². The van der Waals surface area contributed by atoms with Crippen molar-refractivity contribution in [2.75, 3.05) is 13.1 Å². The highest BCUT2D eigenvalue weighted by molar-refractivity contribution is 5.73. The first-order chi connectivity index (χ1) is 8.83. The van der Waals surface area contributed by atoms with Crippen molar-refractivity contribution in [1.29, 1.82) is 0 Å². The Morgan fingerprint density at radius 3 is 2.44 bits per heavy atom. The highest BCUT2D eigenvalue weighted by atomic mass is 16.2. The molecule has 2 N–H and O–H groups in total. The molecule has 4 nitrogen and oxygen atoms in total. The molecular weight excluding hydrogens is 226 g/mol. The number of nitrogens with zero attached hydrogens (tertiary/aromatic N) is 1. The number of nitrogens with one attached hydrogen (secondary N) is 2. The van der Waals surface area contributed by atoms with Gasteiger partial charge in [0.05, 0.1) is 0 Å². The molecule has 0 radical (unpaired) electrons. The zero-order valence-corrected chi connectivity index (χ0v) is 11.1. The number of hydrogen-bond acceptors (Lipinski definition) is 2. The van der Waals surface area contributed by atoms with Gasteiger partial charge in [-0.1, -0.05) is 19.8 Å². The Hall–Kier alpha value is -1.58. The Balaban J connectivity index is 1.99. The Kier molecular flexibility index (Phi) is 7.60. The van der Waals surface area contributed by atoms with Gasteiger partial charge in [0.25, 0.3) is 0 Å². The molecule has 0 aliphatic carbocycles. The highest BCUT2D eigenvalue weighted by Crippen LogP contribution is 1.99. The zero-order valence-electron chi connectivity index (χ0n) is 11.1. The minimum atomic E-state index is -0.0548. The second-order valence-corrected chi connectivity index (χ2v) is 4.35. The molecule has 1 heterocycles. The SMILES string of the molecule is CCCCCNC(=O)NCCCc1ccncc1. The van der Waals surface area contributed by atoms with Crippen LogP contribution in [0.4, 0.5) is 4.79 Å². The van der Waals surface area contributed by atoms with E-state index >= 15 is 0 Å². The van der Waals surface area contributed by atoms with E-state index in [2.05, 4.69) is 22.5 Å². The monoisotopic (exact) mass is 249 g/mol. The molecule has 0 saturated heterocycles. The van der Waals surface area contributed by atoms with Crippen LogP contribution >= 0.6 is 0 Å². The second-order valence-electron chi connectivity index (χ2n) is 4.35. The Bertz CT molecular complexity index is 327. The van der Waals surface area contributed by atoms with E-state index in [1.807, 2.05) is 12.1 Å². The number of aryl methyl sites for hydroxylation is 1. The third kappa shape index (κ3) is 6.89. The van der Waals surface area contributed by atoms with Gasteiger partial charge in [-0.2, -0.15) is 0 Å². The maximum atomic E-state index is 11.4. The van der Waals surface area contributed by atoms with Crippen molar-refractivity contribution in [2.45, 2.75) is 39.0 Å². The maximum Gasteiger partial charge on any atom is 0.314 e. The summed E-state index contributed by atoms with van der Waals surface area (Å²) in [6.45, 7) is 3.63. The largest absolute Gasteiger partial charge is 0.338 e. The molecule has 0 atom stereocenters. The first-order valence-electron chi connectivity index (χ1n) is 6.73. The average Bonchev–Trinajstić information content (AvgIpc) is 2.41. The van der Waals surface area contributed by atoms with Gasteiger partial charge >= 0.3 is 6.03 Å². The van der Waals surface area contributed by atoms with Crippen molar-refractivity contribution in [1.82, 2.24) is 15.6 Å². The van der Waals surface area contributed by atoms with Gasteiger partial charge < -0.3 is 10.6 Å². The van der Waals surface area contributed by atoms with E-state index in [-0.39, 0.29) is 6.03 Å². The van der Waals surface area contributed by atoms with Gasteiger partial charge in [0.2, 0.25) is 0 Å². The van der Waals surface area contributed by atoms with Crippen LogP contribution in [-0.4, -0.2) is 24.1 Å². The van der Waals surface area contributed by atoms with E-state index in [0.29, 0.717) is 6.54 Å². The summed E-state index contributed by atoms with van der Waals surface area (Å²) >= 11 is 0. The summed E-state index contributed by atoms with van der Waals surface area (Å²) < 4.78 is 0. The first-order valence-corrected chi connectivity index (χ1v) is 6.73. The highest BCUT2D eigenvalue weighted by Gasteiger charge is 1.98. The van der Waals surface area contributed by atoms with E-state index in [9.17, 15) is 4.79 Å². The van der Waals surface area contributed by atoms with Gasteiger partial charge in [0.1, 0.15) is 0 Å². The lowest BCUT2D eigenvalue weighted by Gasteiger charge is -2.07. The van der Waals surface area contributed by atoms with Crippen molar-refractivity contribution in [2.24, 2.45) is 0 Å². The van der Waals surface area contributed by atoms with Crippen molar-refractivity contribution < 1.29 is 4.79 Å². The fourth-order valence-electron chi connectivity index (χ4n) is 1.68. The third-order valence-corrected chi connectivity index (χ3v) is 2.74. The molecule has 0 fully saturated rings. The number of aromatic nitrogens is 1. The molecule has 0 unspecified atom stereocenters. The molecule has 0 spiro atoms. The predicted molar refractivity (Wildman–Crippen MR) is 73.5 cm³/mol. The van der Waals surface area contributed by atoms with Crippen LogP contribution < -0.4 is 10.6 Å². The van der Waals surface area contributed by atoms with Crippen LogP contribution in [-0.2, 0) is 6.42 Å². The molecule has 0 saturated carbocycles. The summed E-state index contributed by atoms with van der Waals surface area (Å²) in [5, 5.41) is 5.72. The number of pyridine rings is 1. The molecule has 2 amide bonds. The van der Waals surface area contributed by atoms with E-state index in [4.69, 9.17) is 0 Å². The van der Waals surface area contributed by atoms with Gasteiger partial charge in [-0.05, 0) is 37.0 Å². The fourth-order valence-corrected chi connectivity index (χ4v) is 1.68. The van der Waals surface area contributed by atoms with Crippen LogP contribution in [0.15, 0.2) is 24.5 Å². The van der Waals surface area contributed by atoms with Crippen molar-refractivity contribution >= 4 is 6.03 Å². The average molecular weight is 249 g/mol. The molecule has 4 heteroatoms. The fraction of sp³-hybridized carbons (Fsp3) is 0.571. The number of amides is 2. The van der Waals surface area contributed by atoms with Crippen LogP contribution in [0.2, 0.25) is 0 Å². The molecule has 100 valence electrons. The number of urea groups is 1. The Labute approximate surface area is 109 Å². The van der Waals surface area contributed by atoms with E-state index in [1.54, 1.807) is 12.4 Å². The quantitative estimate of drug-likeness (QED) is 0.695. The maximum absolute atomic E-state index is 11.4. The summed E-state index contributed by atoms with van der Waals surface area (Å²) in [6.07, 6.45) is 8.91. The topological polar surface area (TPSA) is 54.0 Å². The molecule has 18 heavy (non-hydrogen) atoms. The number of unbranched alkanes of at least 4 members (excludes halogenated alkanes) is 2. The van der Waals surface area contributed by atoms with Crippen LogP contribution in [0.25, 0.3) is 0 Å². The Morgan fingerprint density at radius 2 is 1.78 bits per heavy atom. The number of carbonyl (C=O) groups is 1. The second kappa shape index (κ2) is 9.45. The molecular formula is C14H23N3O. The summed E-state index contributed by atoms with van der Waals surface area (Å²) in [7, 11) is 0. The molecule has 1 rings (SSSR count). The normalized spacial score (nSPS) is 10.1. The van der Waals surface area contributed by atoms with Gasteiger partial charge in [-0.25, -0.2) is 4.79 Å².